The van der Waals surface area contributed by atoms with Gasteiger partial charge in [0.25, 0.3) is 0 Å². The summed E-state index contributed by atoms with van der Waals surface area (Å²) in [5.41, 5.74) is 3.77. The van der Waals surface area contributed by atoms with Crippen molar-refractivity contribution in [2.75, 3.05) is 41.7 Å². The fourth-order valence-electron chi connectivity index (χ4n) is 3.48. The lowest BCUT2D eigenvalue weighted by molar-refractivity contribution is -0.116. The molecular weight excluding hydrogens is 364 g/mol. The lowest BCUT2D eigenvalue weighted by Gasteiger charge is -2.36. The number of aryl methyl sites for hydroxylation is 1. The van der Waals surface area contributed by atoms with Gasteiger partial charge in [0.15, 0.2) is 0 Å². The standard InChI is InChI=1S/C20H21ClN4O2/c21-15-2-5-17(6-3-15)24-9-11-25(12-10-24)20(27)22-16-4-7-18-14(13-16)1-8-19(26)23-18/h2-7,13H,1,8-12H2,(H,22,27)(H,23,26). The van der Waals surface area contributed by atoms with Crippen LogP contribution in [0.3, 0.4) is 0 Å². The SMILES string of the molecule is O=C1CCc2cc(NC(=O)N3CCN(c4ccc(Cl)cc4)CC3)ccc2N1. The normalized spacial score (nSPS) is 16.6. The highest BCUT2D eigenvalue weighted by atomic mass is 35.5. The Hall–Kier alpha value is -2.73. The van der Waals surface area contributed by atoms with Crippen LogP contribution in [-0.4, -0.2) is 43.0 Å². The molecule has 0 unspecified atom stereocenters. The summed E-state index contributed by atoms with van der Waals surface area (Å²) in [7, 11) is 0. The Balaban J connectivity index is 1.34. The van der Waals surface area contributed by atoms with E-state index in [9.17, 15) is 9.59 Å². The lowest BCUT2D eigenvalue weighted by Crippen LogP contribution is -2.50. The molecule has 7 heteroatoms. The summed E-state index contributed by atoms with van der Waals surface area (Å²) >= 11 is 5.94. The van der Waals surface area contributed by atoms with Crippen molar-refractivity contribution in [1.29, 1.82) is 0 Å². The van der Waals surface area contributed by atoms with Crippen LogP contribution in [0.15, 0.2) is 42.5 Å². The van der Waals surface area contributed by atoms with Crippen molar-refractivity contribution in [2.24, 2.45) is 0 Å². The topological polar surface area (TPSA) is 64.7 Å². The summed E-state index contributed by atoms with van der Waals surface area (Å²) in [6.07, 6.45) is 1.18. The number of halogens is 1. The van der Waals surface area contributed by atoms with Gasteiger partial charge in [-0.3, -0.25) is 4.79 Å². The number of nitrogens with zero attached hydrogens (tertiary/aromatic N) is 2. The first-order chi connectivity index (χ1) is 13.1. The Morgan fingerprint density at radius 3 is 2.48 bits per heavy atom. The van der Waals surface area contributed by atoms with Crippen LogP contribution in [0.2, 0.25) is 5.02 Å². The second kappa shape index (κ2) is 7.48. The number of rotatable bonds is 2. The molecule has 27 heavy (non-hydrogen) atoms. The molecule has 3 amide bonds. The van der Waals surface area contributed by atoms with Gasteiger partial charge >= 0.3 is 6.03 Å². The molecule has 2 aliphatic heterocycles. The van der Waals surface area contributed by atoms with Gasteiger partial charge in [-0.1, -0.05) is 11.6 Å². The van der Waals surface area contributed by atoms with Crippen molar-refractivity contribution in [2.45, 2.75) is 12.8 Å². The number of nitrogens with one attached hydrogen (secondary N) is 2. The van der Waals surface area contributed by atoms with Gasteiger partial charge in [0, 0.05) is 54.7 Å². The average molecular weight is 385 g/mol. The number of piperazine rings is 1. The van der Waals surface area contributed by atoms with E-state index in [-0.39, 0.29) is 11.9 Å². The molecule has 140 valence electrons. The van der Waals surface area contributed by atoms with Crippen LogP contribution in [0.1, 0.15) is 12.0 Å². The number of fused-ring (bicyclic) bond motifs is 1. The molecular formula is C20H21ClN4O2. The van der Waals surface area contributed by atoms with Crippen molar-refractivity contribution in [3.05, 3.63) is 53.1 Å². The van der Waals surface area contributed by atoms with Crippen LogP contribution >= 0.6 is 11.6 Å². The van der Waals surface area contributed by atoms with Crippen molar-refractivity contribution in [3.8, 4) is 0 Å². The van der Waals surface area contributed by atoms with E-state index in [1.54, 1.807) is 0 Å². The Labute approximate surface area is 163 Å². The van der Waals surface area contributed by atoms with Crippen molar-refractivity contribution < 1.29 is 9.59 Å². The fraction of sp³-hybridized carbons (Fsp3) is 0.300. The van der Waals surface area contributed by atoms with E-state index in [1.807, 2.05) is 47.4 Å². The summed E-state index contributed by atoms with van der Waals surface area (Å²) in [6.45, 7) is 2.89. The number of anilines is 3. The molecule has 0 aromatic heterocycles. The van der Waals surface area contributed by atoms with Gasteiger partial charge in [0.05, 0.1) is 0 Å². The first kappa shape index (κ1) is 17.7. The number of amides is 3. The fourth-order valence-corrected chi connectivity index (χ4v) is 3.61. The lowest BCUT2D eigenvalue weighted by atomic mass is 10.0. The minimum absolute atomic E-state index is 0.0397. The summed E-state index contributed by atoms with van der Waals surface area (Å²) in [6, 6.07) is 13.3. The summed E-state index contributed by atoms with van der Waals surface area (Å²) in [4.78, 5) is 28.1. The molecule has 0 aliphatic carbocycles. The van der Waals surface area contributed by atoms with Crippen LogP contribution in [0.4, 0.5) is 21.9 Å². The zero-order valence-corrected chi connectivity index (χ0v) is 15.6. The molecule has 1 saturated heterocycles. The summed E-state index contributed by atoms with van der Waals surface area (Å²) < 4.78 is 0. The molecule has 2 aromatic rings. The summed E-state index contributed by atoms with van der Waals surface area (Å²) in [5.74, 6) is 0.0397. The van der Waals surface area contributed by atoms with Crippen LogP contribution in [0.25, 0.3) is 0 Å². The highest BCUT2D eigenvalue weighted by Gasteiger charge is 2.22. The molecule has 2 aromatic carbocycles. The van der Waals surface area contributed by atoms with Crippen molar-refractivity contribution in [3.63, 3.8) is 0 Å². The van der Waals surface area contributed by atoms with E-state index < -0.39 is 0 Å². The Morgan fingerprint density at radius 2 is 1.74 bits per heavy atom. The van der Waals surface area contributed by atoms with Gasteiger partial charge in [0.1, 0.15) is 0 Å². The third kappa shape index (κ3) is 4.01. The Bertz CT molecular complexity index is 861. The monoisotopic (exact) mass is 384 g/mol. The van der Waals surface area contributed by atoms with Crippen molar-refractivity contribution >= 4 is 40.6 Å². The zero-order chi connectivity index (χ0) is 18.8. The Morgan fingerprint density at radius 1 is 1.00 bits per heavy atom. The number of hydrogen-bond acceptors (Lipinski definition) is 3. The first-order valence-corrected chi connectivity index (χ1v) is 9.45. The van der Waals surface area contributed by atoms with Gasteiger partial charge in [-0.15, -0.1) is 0 Å². The summed E-state index contributed by atoms with van der Waals surface area (Å²) in [5, 5.41) is 6.55. The highest BCUT2D eigenvalue weighted by Crippen LogP contribution is 2.26. The molecule has 1 fully saturated rings. The highest BCUT2D eigenvalue weighted by molar-refractivity contribution is 6.30. The Kier molecular flexibility index (Phi) is 4.90. The predicted molar refractivity (Wildman–Crippen MR) is 108 cm³/mol. The molecule has 0 bridgehead atoms. The second-order valence-corrected chi connectivity index (χ2v) is 7.24. The number of hydrogen-bond donors (Lipinski definition) is 2. The third-order valence-electron chi connectivity index (χ3n) is 5.01. The van der Waals surface area contributed by atoms with Crippen LogP contribution < -0.4 is 15.5 Å². The van der Waals surface area contributed by atoms with Crippen LogP contribution in [0, 0.1) is 0 Å². The van der Waals surface area contributed by atoms with E-state index in [0.717, 1.165) is 40.7 Å². The van der Waals surface area contributed by atoms with Gasteiger partial charge in [-0.25, -0.2) is 4.79 Å². The molecule has 2 aliphatic rings. The molecule has 0 atom stereocenters. The molecule has 4 rings (SSSR count). The predicted octanol–water partition coefficient (Wildman–Crippen LogP) is 3.58. The average Bonchev–Trinajstić information content (AvgIpc) is 2.69. The van der Waals surface area contributed by atoms with Gasteiger partial charge in [-0.05, 0) is 54.4 Å². The number of carbonyl (C=O) groups is 2. The van der Waals surface area contributed by atoms with Crippen LogP contribution in [0.5, 0.6) is 0 Å². The van der Waals surface area contributed by atoms with E-state index in [1.165, 1.54) is 0 Å². The quantitative estimate of drug-likeness (QED) is 0.831. The second-order valence-electron chi connectivity index (χ2n) is 6.80. The number of benzene rings is 2. The van der Waals surface area contributed by atoms with E-state index in [2.05, 4.69) is 15.5 Å². The first-order valence-electron chi connectivity index (χ1n) is 9.08. The van der Waals surface area contributed by atoms with E-state index in [4.69, 9.17) is 11.6 Å². The maximum atomic E-state index is 12.6. The number of urea groups is 1. The maximum absolute atomic E-state index is 12.6. The third-order valence-corrected chi connectivity index (χ3v) is 5.26. The maximum Gasteiger partial charge on any atom is 0.321 e. The molecule has 6 nitrogen and oxygen atoms in total. The number of carbonyl (C=O) groups excluding carboxylic acids is 2. The van der Waals surface area contributed by atoms with E-state index >= 15 is 0 Å². The molecule has 2 N–H and O–H groups in total. The van der Waals surface area contributed by atoms with E-state index in [0.29, 0.717) is 25.9 Å². The molecule has 0 saturated carbocycles. The molecule has 0 radical (unpaired) electrons. The largest absolute Gasteiger partial charge is 0.368 e. The van der Waals surface area contributed by atoms with Gasteiger partial charge in [0.2, 0.25) is 5.91 Å². The van der Waals surface area contributed by atoms with Crippen molar-refractivity contribution in [1.82, 2.24) is 4.90 Å². The van der Waals surface area contributed by atoms with Gasteiger partial charge < -0.3 is 20.4 Å². The van der Waals surface area contributed by atoms with Gasteiger partial charge in [-0.2, -0.15) is 0 Å². The molecule has 0 spiro atoms. The van der Waals surface area contributed by atoms with Crippen LogP contribution in [-0.2, 0) is 11.2 Å². The smallest absolute Gasteiger partial charge is 0.321 e. The zero-order valence-electron chi connectivity index (χ0n) is 14.9. The minimum Gasteiger partial charge on any atom is -0.368 e. The minimum atomic E-state index is -0.0921. The molecule has 2 heterocycles.